The van der Waals surface area contributed by atoms with Crippen molar-refractivity contribution in [3.05, 3.63) is 58.9 Å². The standard InChI is InChI=1S/C21H21ClN4O3/c1-14-17(22)3-2-4-18(14)26-13-24(11-20(26)28)19(27)12-25(16-5-6-16)21(29)15-7-9-23-10-8-15/h2-4,7-10,16H,5-6,11-13H2,1H3. The fraction of sp³-hybridized carbons (Fsp3) is 0.333. The van der Waals surface area contributed by atoms with E-state index in [0.717, 1.165) is 18.4 Å². The van der Waals surface area contributed by atoms with Gasteiger partial charge in [-0.25, -0.2) is 0 Å². The third-order valence-electron chi connectivity index (χ3n) is 5.30. The van der Waals surface area contributed by atoms with Crippen LogP contribution in [0.2, 0.25) is 5.02 Å². The lowest BCUT2D eigenvalue weighted by atomic mass is 10.2. The molecule has 1 saturated carbocycles. The van der Waals surface area contributed by atoms with Gasteiger partial charge in [0.25, 0.3) is 5.91 Å². The summed E-state index contributed by atoms with van der Waals surface area (Å²) < 4.78 is 0. The van der Waals surface area contributed by atoms with Crippen LogP contribution in [0, 0.1) is 6.92 Å². The number of hydrogen-bond acceptors (Lipinski definition) is 4. The van der Waals surface area contributed by atoms with Crippen LogP contribution in [0.1, 0.15) is 28.8 Å². The van der Waals surface area contributed by atoms with Gasteiger partial charge in [0.05, 0.1) is 0 Å². The first-order valence-corrected chi connectivity index (χ1v) is 9.87. The van der Waals surface area contributed by atoms with Crippen molar-refractivity contribution in [1.82, 2.24) is 14.8 Å². The molecule has 0 N–H and O–H groups in total. The van der Waals surface area contributed by atoms with Crippen molar-refractivity contribution >= 4 is 35.0 Å². The number of aromatic nitrogens is 1. The predicted molar refractivity (Wildman–Crippen MR) is 109 cm³/mol. The summed E-state index contributed by atoms with van der Waals surface area (Å²) in [7, 11) is 0. The number of rotatable bonds is 5. The fourth-order valence-electron chi connectivity index (χ4n) is 3.47. The van der Waals surface area contributed by atoms with E-state index in [0.29, 0.717) is 16.3 Å². The summed E-state index contributed by atoms with van der Waals surface area (Å²) in [6, 6.07) is 8.73. The summed E-state index contributed by atoms with van der Waals surface area (Å²) in [6.45, 7) is 1.95. The van der Waals surface area contributed by atoms with Gasteiger partial charge in [0.15, 0.2) is 0 Å². The zero-order valence-electron chi connectivity index (χ0n) is 16.0. The maximum absolute atomic E-state index is 12.9. The van der Waals surface area contributed by atoms with Crippen molar-refractivity contribution in [3.63, 3.8) is 0 Å². The van der Waals surface area contributed by atoms with Gasteiger partial charge in [-0.3, -0.25) is 24.3 Å². The number of carbonyl (C=O) groups is 3. The molecule has 4 rings (SSSR count). The summed E-state index contributed by atoms with van der Waals surface area (Å²) in [5.41, 5.74) is 2.00. The molecule has 1 aromatic heterocycles. The van der Waals surface area contributed by atoms with E-state index in [4.69, 9.17) is 11.6 Å². The maximum Gasteiger partial charge on any atom is 0.254 e. The van der Waals surface area contributed by atoms with E-state index in [1.165, 1.54) is 4.90 Å². The van der Waals surface area contributed by atoms with Gasteiger partial charge in [0, 0.05) is 34.7 Å². The third kappa shape index (κ3) is 3.96. The van der Waals surface area contributed by atoms with E-state index in [-0.39, 0.29) is 43.5 Å². The minimum Gasteiger partial charge on any atom is -0.326 e. The Balaban J connectivity index is 1.47. The van der Waals surface area contributed by atoms with Crippen LogP contribution in [0.5, 0.6) is 0 Å². The maximum atomic E-state index is 12.9. The largest absolute Gasteiger partial charge is 0.326 e. The van der Waals surface area contributed by atoms with Crippen LogP contribution in [0.4, 0.5) is 5.69 Å². The summed E-state index contributed by atoms with van der Waals surface area (Å²) in [4.78, 5) is 46.9. The first kappa shape index (κ1) is 19.4. The van der Waals surface area contributed by atoms with Crippen molar-refractivity contribution in [1.29, 1.82) is 0 Å². The molecule has 2 aliphatic rings. The molecule has 1 aliphatic carbocycles. The normalized spacial score (nSPS) is 16.3. The van der Waals surface area contributed by atoms with E-state index >= 15 is 0 Å². The molecule has 3 amide bonds. The molecule has 1 saturated heterocycles. The molecule has 7 nitrogen and oxygen atoms in total. The Bertz CT molecular complexity index is 962. The molecule has 2 fully saturated rings. The van der Waals surface area contributed by atoms with Crippen molar-refractivity contribution in [2.45, 2.75) is 25.8 Å². The minimum absolute atomic E-state index is 0.00720. The minimum atomic E-state index is -0.241. The van der Waals surface area contributed by atoms with E-state index in [2.05, 4.69) is 4.98 Å². The van der Waals surface area contributed by atoms with Crippen LogP contribution >= 0.6 is 11.6 Å². The summed E-state index contributed by atoms with van der Waals surface area (Å²) >= 11 is 6.18. The predicted octanol–water partition coefficient (Wildman–Crippen LogP) is 2.48. The summed E-state index contributed by atoms with van der Waals surface area (Å²) in [6.07, 6.45) is 4.89. The Hall–Kier alpha value is -2.93. The average Bonchev–Trinajstić information content (AvgIpc) is 3.50. The lowest BCUT2D eigenvalue weighted by Crippen LogP contribution is -2.43. The highest BCUT2D eigenvalue weighted by atomic mass is 35.5. The monoisotopic (exact) mass is 412 g/mol. The summed E-state index contributed by atoms with van der Waals surface area (Å²) in [5, 5.41) is 0.572. The second-order valence-electron chi connectivity index (χ2n) is 7.34. The Kier molecular flexibility index (Phi) is 5.24. The Morgan fingerprint density at radius 2 is 1.93 bits per heavy atom. The van der Waals surface area contributed by atoms with Crippen LogP contribution in [0.15, 0.2) is 42.7 Å². The van der Waals surface area contributed by atoms with Crippen LogP contribution in [0.3, 0.4) is 0 Å². The van der Waals surface area contributed by atoms with Crippen molar-refractivity contribution < 1.29 is 14.4 Å². The molecule has 1 aromatic carbocycles. The van der Waals surface area contributed by atoms with Crippen LogP contribution < -0.4 is 4.90 Å². The number of carbonyl (C=O) groups excluding carboxylic acids is 3. The zero-order valence-corrected chi connectivity index (χ0v) is 16.8. The number of pyridine rings is 1. The van der Waals surface area contributed by atoms with Crippen molar-refractivity contribution in [2.24, 2.45) is 0 Å². The van der Waals surface area contributed by atoms with Crippen LogP contribution in [-0.2, 0) is 9.59 Å². The van der Waals surface area contributed by atoms with Gasteiger partial charge in [-0.15, -0.1) is 0 Å². The van der Waals surface area contributed by atoms with Crippen LogP contribution in [-0.4, -0.2) is 58.3 Å². The van der Waals surface area contributed by atoms with Gasteiger partial charge < -0.3 is 9.80 Å². The van der Waals surface area contributed by atoms with Gasteiger partial charge in [0.2, 0.25) is 11.8 Å². The van der Waals surface area contributed by atoms with Gasteiger partial charge >= 0.3 is 0 Å². The van der Waals surface area contributed by atoms with Gasteiger partial charge in [0.1, 0.15) is 19.8 Å². The Labute approximate surface area is 173 Å². The number of halogens is 1. The molecule has 2 heterocycles. The molecular formula is C21H21ClN4O3. The highest BCUT2D eigenvalue weighted by Gasteiger charge is 2.38. The highest BCUT2D eigenvalue weighted by molar-refractivity contribution is 6.31. The number of nitrogens with zero attached hydrogens (tertiary/aromatic N) is 4. The topological polar surface area (TPSA) is 73.8 Å². The van der Waals surface area contributed by atoms with Gasteiger partial charge in [-0.2, -0.15) is 0 Å². The number of benzene rings is 1. The average molecular weight is 413 g/mol. The first-order valence-electron chi connectivity index (χ1n) is 9.50. The first-order chi connectivity index (χ1) is 14.0. The second-order valence-corrected chi connectivity index (χ2v) is 7.75. The van der Waals surface area contributed by atoms with Crippen LogP contribution in [0.25, 0.3) is 0 Å². The number of amides is 3. The molecule has 0 radical (unpaired) electrons. The number of hydrogen-bond donors (Lipinski definition) is 0. The molecule has 1 aliphatic heterocycles. The lowest BCUT2D eigenvalue weighted by Gasteiger charge is -2.25. The molecule has 0 spiro atoms. The van der Waals surface area contributed by atoms with Gasteiger partial charge in [-0.1, -0.05) is 17.7 Å². The molecule has 0 unspecified atom stereocenters. The Morgan fingerprint density at radius 3 is 2.62 bits per heavy atom. The van der Waals surface area contributed by atoms with Gasteiger partial charge in [-0.05, 0) is 49.6 Å². The zero-order chi connectivity index (χ0) is 20.5. The second kappa shape index (κ2) is 7.83. The van der Waals surface area contributed by atoms with E-state index in [9.17, 15) is 14.4 Å². The molecule has 0 bridgehead atoms. The smallest absolute Gasteiger partial charge is 0.254 e. The lowest BCUT2D eigenvalue weighted by molar-refractivity contribution is -0.132. The van der Waals surface area contributed by atoms with E-state index in [1.54, 1.807) is 46.5 Å². The third-order valence-corrected chi connectivity index (χ3v) is 5.71. The quantitative estimate of drug-likeness (QED) is 0.756. The van der Waals surface area contributed by atoms with E-state index in [1.807, 2.05) is 13.0 Å². The summed E-state index contributed by atoms with van der Waals surface area (Å²) in [5.74, 6) is -0.590. The number of anilines is 1. The molecule has 8 heteroatoms. The fourth-order valence-corrected chi connectivity index (χ4v) is 3.64. The highest BCUT2D eigenvalue weighted by Crippen LogP contribution is 2.30. The Morgan fingerprint density at radius 1 is 1.21 bits per heavy atom. The molecule has 29 heavy (non-hydrogen) atoms. The molecule has 150 valence electrons. The SMILES string of the molecule is Cc1c(Cl)cccc1N1CN(C(=O)CN(C(=O)c2ccncc2)C2CC2)CC1=O. The van der Waals surface area contributed by atoms with Crippen molar-refractivity contribution in [2.75, 3.05) is 24.7 Å². The van der Waals surface area contributed by atoms with Crippen molar-refractivity contribution in [3.8, 4) is 0 Å². The molecule has 2 aromatic rings. The molecular weight excluding hydrogens is 392 g/mol. The van der Waals surface area contributed by atoms with E-state index < -0.39 is 0 Å². The molecule has 0 atom stereocenters.